The molecule has 0 saturated heterocycles. The number of nitrogens with one attached hydrogen (secondary N) is 1. The molecule has 6 heteroatoms. The van der Waals surface area contributed by atoms with Crippen molar-refractivity contribution in [3.63, 3.8) is 0 Å². The van der Waals surface area contributed by atoms with Gasteiger partial charge in [-0.25, -0.2) is 9.67 Å². The molecule has 1 aliphatic rings. The zero-order chi connectivity index (χ0) is 22.0. The number of aromatic nitrogens is 3. The number of hydrogen-bond acceptors (Lipinski definition) is 4. The molecule has 0 spiro atoms. The van der Waals surface area contributed by atoms with Gasteiger partial charge in [0, 0.05) is 31.4 Å². The maximum atomic E-state index is 13.1. The molecule has 0 bridgehead atoms. The molecule has 1 N–H and O–H groups in total. The van der Waals surface area contributed by atoms with Crippen molar-refractivity contribution in [1.29, 1.82) is 0 Å². The van der Waals surface area contributed by atoms with Crippen LogP contribution in [0.3, 0.4) is 0 Å². The molecule has 0 aliphatic carbocycles. The van der Waals surface area contributed by atoms with Gasteiger partial charge in [0.2, 0.25) is 0 Å². The summed E-state index contributed by atoms with van der Waals surface area (Å²) in [6.45, 7) is 11.0. The lowest BCUT2D eigenvalue weighted by Gasteiger charge is -2.41. The zero-order valence-corrected chi connectivity index (χ0v) is 18.8. The molecule has 1 aromatic carbocycles. The smallest absolute Gasteiger partial charge is 0.254 e. The van der Waals surface area contributed by atoms with Gasteiger partial charge in [-0.05, 0) is 49.4 Å². The molecule has 4 rings (SSSR count). The first-order valence-corrected chi connectivity index (χ1v) is 11.0. The van der Waals surface area contributed by atoms with Crippen LogP contribution in [0.5, 0.6) is 0 Å². The fraction of sp³-hybridized carbons (Fsp3) is 0.400. The molecule has 1 aliphatic heterocycles. The van der Waals surface area contributed by atoms with Crippen molar-refractivity contribution in [2.45, 2.75) is 52.1 Å². The van der Waals surface area contributed by atoms with Crippen LogP contribution in [0, 0.1) is 0 Å². The van der Waals surface area contributed by atoms with Crippen LogP contribution in [0.1, 0.15) is 60.8 Å². The van der Waals surface area contributed by atoms with Crippen LogP contribution in [0.25, 0.3) is 5.82 Å². The largest absolute Gasteiger partial charge is 0.350 e. The molecule has 2 aromatic heterocycles. The molecular formula is C25H31N5O. The predicted octanol–water partition coefficient (Wildman–Crippen LogP) is 3.96. The summed E-state index contributed by atoms with van der Waals surface area (Å²) in [6, 6.07) is 14.3. The van der Waals surface area contributed by atoms with Crippen LogP contribution in [-0.2, 0) is 13.0 Å². The Morgan fingerprint density at radius 2 is 1.87 bits per heavy atom. The minimum Gasteiger partial charge on any atom is -0.350 e. The van der Waals surface area contributed by atoms with Gasteiger partial charge in [0.05, 0.1) is 17.5 Å². The first-order valence-electron chi connectivity index (χ1n) is 11.0. The summed E-state index contributed by atoms with van der Waals surface area (Å²) in [4.78, 5) is 20.0. The Morgan fingerprint density at radius 1 is 1.13 bits per heavy atom. The molecule has 0 radical (unpaired) electrons. The van der Waals surface area contributed by atoms with Crippen molar-refractivity contribution in [3.8, 4) is 5.82 Å². The SMILES string of the molecule is CC(C)c1c(C(=O)NCC(C)(C)N2CCc3ccccc3C2)cnn1-c1ccccn1. The van der Waals surface area contributed by atoms with Gasteiger partial charge in [0.15, 0.2) is 5.82 Å². The second-order valence-corrected chi connectivity index (χ2v) is 9.13. The average molecular weight is 418 g/mol. The van der Waals surface area contributed by atoms with Gasteiger partial charge in [-0.3, -0.25) is 9.69 Å². The minimum absolute atomic E-state index is 0.0867. The number of fused-ring (bicyclic) bond motifs is 1. The number of benzene rings is 1. The lowest BCUT2D eigenvalue weighted by atomic mass is 9.94. The van der Waals surface area contributed by atoms with Crippen molar-refractivity contribution < 1.29 is 4.79 Å². The van der Waals surface area contributed by atoms with Crippen molar-refractivity contribution in [3.05, 3.63) is 77.2 Å². The van der Waals surface area contributed by atoms with E-state index in [1.165, 1.54) is 11.1 Å². The fourth-order valence-corrected chi connectivity index (χ4v) is 4.27. The molecular weight excluding hydrogens is 386 g/mol. The molecule has 162 valence electrons. The summed E-state index contributed by atoms with van der Waals surface area (Å²) in [5.41, 5.74) is 4.15. The van der Waals surface area contributed by atoms with E-state index in [-0.39, 0.29) is 17.4 Å². The monoisotopic (exact) mass is 417 g/mol. The van der Waals surface area contributed by atoms with E-state index in [1.807, 2.05) is 18.2 Å². The third-order valence-electron chi connectivity index (χ3n) is 6.13. The highest BCUT2D eigenvalue weighted by atomic mass is 16.1. The van der Waals surface area contributed by atoms with Crippen LogP contribution in [0.2, 0.25) is 0 Å². The van der Waals surface area contributed by atoms with Crippen LogP contribution in [-0.4, -0.2) is 44.2 Å². The molecule has 3 aromatic rings. The molecule has 0 unspecified atom stereocenters. The molecule has 6 nitrogen and oxygen atoms in total. The topological polar surface area (TPSA) is 63.1 Å². The summed E-state index contributed by atoms with van der Waals surface area (Å²) < 4.78 is 1.77. The number of amides is 1. The molecule has 0 saturated carbocycles. The standard InChI is InChI=1S/C25H31N5O/c1-18(2)23-21(15-28-30(23)22-11-7-8-13-26-22)24(31)27-17-25(3,4)29-14-12-19-9-5-6-10-20(19)16-29/h5-11,13,15,18H,12,14,16-17H2,1-4H3,(H,27,31). The molecule has 1 amide bonds. The van der Waals surface area contributed by atoms with Crippen molar-refractivity contribution >= 4 is 5.91 Å². The zero-order valence-electron chi connectivity index (χ0n) is 18.8. The average Bonchev–Trinajstić information content (AvgIpc) is 3.23. The second-order valence-electron chi connectivity index (χ2n) is 9.13. The van der Waals surface area contributed by atoms with Gasteiger partial charge in [0.1, 0.15) is 0 Å². The number of nitrogens with zero attached hydrogens (tertiary/aromatic N) is 4. The summed E-state index contributed by atoms with van der Waals surface area (Å²) in [5, 5.41) is 7.64. The van der Waals surface area contributed by atoms with Crippen molar-refractivity contribution in [2.24, 2.45) is 0 Å². The summed E-state index contributed by atoms with van der Waals surface area (Å²) in [6.07, 6.45) is 4.44. The summed E-state index contributed by atoms with van der Waals surface area (Å²) in [7, 11) is 0. The van der Waals surface area contributed by atoms with Gasteiger partial charge in [-0.15, -0.1) is 0 Å². The lowest BCUT2D eigenvalue weighted by Crippen LogP contribution is -2.53. The van der Waals surface area contributed by atoms with Crippen LogP contribution in [0.4, 0.5) is 0 Å². The van der Waals surface area contributed by atoms with Gasteiger partial charge < -0.3 is 5.32 Å². The van der Waals surface area contributed by atoms with Crippen LogP contribution in [0.15, 0.2) is 54.9 Å². The molecule has 0 fully saturated rings. The summed E-state index contributed by atoms with van der Waals surface area (Å²) in [5.74, 6) is 0.769. The number of carbonyl (C=O) groups is 1. The first-order chi connectivity index (χ1) is 14.9. The Hall–Kier alpha value is -2.99. The highest BCUT2D eigenvalue weighted by molar-refractivity contribution is 5.95. The van der Waals surface area contributed by atoms with E-state index < -0.39 is 0 Å². The number of pyridine rings is 1. The van der Waals surface area contributed by atoms with E-state index in [0.29, 0.717) is 12.1 Å². The Labute approximate surface area is 184 Å². The van der Waals surface area contributed by atoms with E-state index in [1.54, 1.807) is 17.1 Å². The van der Waals surface area contributed by atoms with E-state index >= 15 is 0 Å². The second kappa shape index (κ2) is 8.63. The van der Waals surface area contributed by atoms with E-state index in [0.717, 1.165) is 31.0 Å². The van der Waals surface area contributed by atoms with Crippen molar-refractivity contribution in [2.75, 3.05) is 13.1 Å². The first kappa shape index (κ1) is 21.2. The molecule has 31 heavy (non-hydrogen) atoms. The normalized spacial score (nSPS) is 14.5. The maximum absolute atomic E-state index is 13.1. The van der Waals surface area contributed by atoms with E-state index in [4.69, 9.17) is 0 Å². The van der Waals surface area contributed by atoms with Gasteiger partial charge in [0.25, 0.3) is 5.91 Å². The number of carbonyl (C=O) groups excluding carboxylic acids is 1. The van der Waals surface area contributed by atoms with E-state index in [9.17, 15) is 4.79 Å². The van der Waals surface area contributed by atoms with E-state index in [2.05, 4.69) is 72.3 Å². The Balaban J connectivity index is 1.48. The predicted molar refractivity (Wildman–Crippen MR) is 122 cm³/mol. The van der Waals surface area contributed by atoms with Crippen LogP contribution >= 0.6 is 0 Å². The van der Waals surface area contributed by atoms with Gasteiger partial charge in [-0.1, -0.05) is 44.2 Å². The van der Waals surface area contributed by atoms with Gasteiger partial charge >= 0.3 is 0 Å². The number of hydrogen-bond donors (Lipinski definition) is 1. The van der Waals surface area contributed by atoms with Crippen molar-refractivity contribution in [1.82, 2.24) is 25.0 Å². The maximum Gasteiger partial charge on any atom is 0.254 e. The Bertz CT molecular complexity index is 1050. The highest BCUT2D eigenvalue weighted by Gasteiger charge is 2.31. The Kier molecular flexibility index (Phi) is 5.92. The quantitative estimate of drug-likeness (QED) is 0.659. The fourth-order valence-electron chi connectivity index (χ4n) is 4.27. The minimum atomic E-state index is -0.155. The Morgan fingerprint density at radius 3 is 2.58 bits per heavy atom. The molecule has 3 heterocycles. The highest BCUT2D eigenvalue weighted by Crippen LogP contribution is 2.26. The lowest BCUT2D eigenvalue weighted by molar-refractivity contribution is 0.0825. The third kappa shape index (κ3) is 4.39. The third-order valence-corrected chi connectivity index (χ3v) is 6.13. The van der Waals surface area contributed by atoms with Gasteiger partial charge in [-0.2, -0.15) is 5.10 Å². The molecule has 0 atom stereocenters. The number of rotatable bonds is 6. The summed E-state index contributed by atoms with van der Waals surface area (Å²) >= 11 is 0. The van der Waals surface area contributed by atoms with Crippen LogP contribution < -0.4 is 5.32 Å².